The van der Waals surface area contributed by atoms with Crippen LogP contribution in [-0.2, 0) is 10.8 Å². The van der Waals surface area contributed by atoms with E-state index in [1.165, 1.54) is 18.2 Å². The third-order valence-corrected chi connectivity index (χ3v) is 5.27. The molecule has 0 spiro atoms. The minimum absolute atomic E-state index is 0.0405. The van der Waals surface area contributed by atoms with Crippen molar-refractivity contribution >= 4 is 17.8 Å². The molecule has 3 rings (SSSR count). The fourth-order valence-electron chi connectivity index (χ4n) is 3.33. The van der Waals surface area contributed by atoms with Crippen LogP contribution in [0.25, 0.3) is 6.08 Å². The number of carboxylic acid groups (broad SMARTS) is 1. The molecular weight excluding hydrogens is 340 g/mol. The minimum Gasteiger partial charge on any atom is -0.478 e. The Morgan fingerprint density at radius 1 is 1.00 bits per heavy atom. The predicted octanol–water partition coefficient (Wildman–Crippen LogP) is 4.42. The zero-order valence-electron chi connectivity index (χ0n) is 16.1. The van der Waals surface area contributed by atoms with Gasteiger partial charge in [0.05, 0.1) is 23.1 Å². The summed E-state index contributed by atoms with van der Waals surface area (Å²) in [7, 11) is 0. The lowest BCUT2D eigenvalue weighted by atomic mass is 9.67. The molecule has 2 aromatic rings. The van der Waals surface area contributed by atoms with Crippen LogP contribution in [0.2, 0.25) is 0 Å². The second-order valence-corrected chi connectivity index (χ2v) is 8.34. The first-order valence-electron chi connectivity index (χ1n) is 9.04. The Kier molecular flexibility index (Phi) is 4.72. The number of hydrogen-bond acceptors (Lipinski definition) is 4. The zero-order chi connectivity index (χ0) is 19.8. The molecule has 5 nitrogen and oxygen atoms in total. The van der Waals surface area contributed by atoms with Crippen LogP contribution in [0.15, 0.2) is 36.5 Å². The Labute approximate surface area is 159 Å². The van der Waals surface area contributed by atoms with Crippen molar-refractivity contribution in [3.63, 3.8) is 0 Å². The molecular formula is C22H24N2O3. The molecule has 0 atom stereocenters. The highest BCUT2D eigenvalue weighted by atomic mass is 16.4. The Balaban J connectivity index is 1.86. The van der Waals surface area contributed by atoms with E-state index in [2.05, 4.69) is 37.7 Å². The van der Waals surface area contributed by atoms with Gasteiger partial charge in [-0.15, -0.1) is 0 Å². The molecule has 0 amide bonds. The lowest BCUT2D eigenvalue weighted by Crippen LogP contribution is -2.36. The number of carboxylic acids is 1. The fourth-order valence-corrected chi connectivity index (χ4v) is 3.33. The summed E-state index contributed by atoms with van der Waals surface area (Å²) >= 11 is 0. The van der Waals surface area contributed by atoms with Crippen molar-refractivity contribution in [2.24, 2.45) is 0 Å². The van der Waals surface area contributed by atoms with Gasteiger partial charge in [-0.1, -0.05) is 45.9 Å². The van der Waals surface area contributed by atoms with Gasteiger partial charge in [0.25, 0.3) is 0 Å². The zero-order valence-corrected chi connectivity index (χ0v) is 16.1. The van der Waals surface area contributed by atoms with Gasteiger partial charge in [0.15, 0.2) is 0 Å². The standard InChI is InChI=1S/C22H24N2O3/c1-21(2)11-12-22(3,4)19-18(21)23-13-16(24-19)17(25)10-7-14-5-8-15(9-6-14)20(26)27/h5-10,13H,11-12H2,1-4H3,(H,26,27). The lowest BCUT2D eigenvalue weighted by Gasteiger charge is -2.39. The quantitative estimate of drug-likeness (QED) is 0.642. The maximum absolute atomic E-state index is 12.6. The van der Waals surface area contributed by atoms with Crippen LogP contribution in [0, 0.1) is 0 Å². The fraction of sp³-hybridized carbons (Fsp3) is 0.364. The average molecular weight is 364 g/mol. The number of allylic oxidation sites excluding steroid dienone is 1. The number of ketones is 1. The van der Waals surface area contributed by atoms with Gasteiger partial charge in [0, 0.05) is 10.8 Å². The molecule has 5 heteroatoms. The molecule has 0 unspecified atom stereocenters. The summed E-state index contributed by atoms with van der Waals surface area (Å²) in [5.41, 5.74) is 3.03. The van der Waals surface area contributed by atoms with Crippen LogP contribution in [0.4, 0.5) is 0 Å². The van der Waals surface area contributed by atoms with E-state index in [1.54, 1.807) is 24.4 Å². The van der Waals surface area contributed by atoms with Gasteiger partial charge < -0.3 is 5.11 Å². The number of aromatic nitrogens is 2. The van der Waals surface area contributed by atoms with Gasteiger partial charge in [-0.2, -0.15) is 0 Å². The first kappa shape index (κ1) is 19.0. The smallest absolute Gasteiger partial charge is 0.335 e. The third kappa shape index (κ3) is 3.82. The lowest BCUT2D eigenvalue weighted by molar-refractivity contribution is 0.0696. The molecule has 1 aromatic heterocycles. The Morgan fingerprint density at radius 3 is 2.19 bits per heavy atom. The van der Waals surface area contributed by atoms with Crippen LogP contribution >= 0.6 is 0 Å². The molecule has 1 aromatic carbocycles. The number of nitrogens with zero attached hydrogens (tertiary/aromatic N) is 2. The molecule has 0 aliphatic heterocycles. The van der Waals surface area contributed by atoms with E-state index in [0.717, 1.165) is 29.8 Å². The van der Waals surface area contributed by atoms with Gasteiger partial charge >= 0.3 is 5.97 Å². The van der Waals surface area contributed by atoms with Crippen LogP contribution < -0.4 is 0 Å². The highest BCUT2D eigenvalue weighted by molar-refractivity contribution is 6.05. The summed E-state index contributed by atoms with van der Waals surface area (Å²) in [5, 5.41) is 8.93. The number of rotatable bonds is 4. The van der Waals surface area contributed by atoms with Crippen LogP contribution in [0.1, 0.15) is 78.3 Å². The molecule has 0 bridgehead atoms. The Bertz CT molecular complexity index is 925. The monoisotopic (exact) mass is 364 g/mol. The minimum atomic E-state index is -0.975. The van der Waals surface area contributed by atoms with Crippen LogP contribution in [0.3, 0.4) is 0 Å². The second-order valence-electron chi connectivity index (χ2n) is 8.34. The summed E-state index contributed by atoms with van der Waals surface area (Å²) in [6, 6.07) is 6.35. The van der Waals surface area contributed by atoms with Crippen LogP contribution in [-0.4, -0.2) is 26.8 Å². The largest absolute Gasteiger partial charge is 0.478 e. The summed E-state index contributed by atoms with van der Waals surface area (Å²) in [5.74, 6) is -1.19. The third-order valence-electron chi connectivity index (χ3n) is 5.27. The molecule has 1 N–H and O–H groups in total. The summed E-state index contributed by atoms with van der Waals surface area (Å²) in [4.78, 5) is 32.7. The van der Waals surface area contributed by atoms with Crippen molar-refractivity contribution in [2.45, 2.75) is 51.4 Å². The molecule has 27 heavy (non-hydrogen) atoms. The number of aromatic carboxylic acids is 1. The molecule has 140 valence electrons. The van der Waals surface area contributed by atoms with Gasteiger partial charge in [0.1, 0.15) is 5.69 Å². The molecule has 1 aliphatic carbocycles. The molecule has 0 fully saturated rings. The van der Waals surface area contributed by atoms with E-state index >= 15 is 0 Å². The maximum atomic E-state index is 12.6. The van der Waals surface area contributed by atoms with E-state index in [9.17, 15) is 9.59 Å². The van der Waals surface area contributed by atoms with Gasteiger partial charge in [0.2, 0.25) is 5.78 Å². The van der Waals surface area contributed by atoms with Crippen molar-refractivity contribution in [2.75, 3.05) is 0 Å². The Hall–Kier alpha value is -2.82. The average Bonchev–Trinajstić information content (AvgIpc) is 2.63. The number of carbonyl (C=O) groups excluding carboxylic acids is 1. The first-order chi connectivity index (χ1) is 12.6. The first-order valence-corrected chi connectivity index (χ1v) is 9.04. The number of hydrogen-bond donors (Lipinski definition) is 1. The van der Waals surface area contributed by atoms with E-state index in [-0.39, 0.29) is 22.2 Å². The Morgan fingerprint density at radius 2 is 1.59 bits per heavy atom. The summed E-state index contributed by atoms with van der Waals surface area (Å²) < 4.78 is 0. The van der Waals surface area contributed by atoms with Crippen molar-refractivity contribution in [1.29, 1.82) is 0 Å². The van der Waals surface area contributed by atoms with Crippen molar-refractivity contribution < 1.29 is 14.7 Å². The predicted molar refractivity (Wildman–Crippen MR) is 104 cm³/mol. The van der Waals surface area contributed by atoms with Crippen LogP contribution in [0.5, 0.6) is 0 Å². The molecule has 1 aliphatic rings. The normalized spacial score (nSPS) is 17.5. The molecule has 0 radical (unpaired) electrons. The molecule has 1 heterocycles. The van der Waals surface area contributed by atoms with Crippen molar-refractivity contribution in [3.05, 3.63) is 64.7 Å². The van der Waals surface area contributed by atoms with E-state index in [4.69, 9.17) is 5.11 Å². The SMILES string of the molecule is CC1(C)CCC(C)(C)c2nc(C(=O)C=Cc3ccc(C(=O)O)cc3)cnc21. The molecule has 0 saturated heterocycles. The van der Waals surface area contributed by atoms with Crippen molar-refractivity contribution in [1.82, 2.24) is 9.97 Å². The number of fused-ring (bicyclic) bond motifs is 1. The molecule has 0 saturated carbocycles. The highest BCUT2D eigenvalue weighted by Gasteiger charge is 2.39. The number of benzene rings is 1. The van der Waals surface area contributed by atoms with Gasteiger partial charge in [-0.3, -0.25) is 9.78 Å². The van der Waals surface area contributed by atoms with E-state index in [0.29, 0.717) is 5.69 Å². The summed E-state index contributed by atoms with van der Waals surface area (Å²) in [6.45, 7) is 8.61. The van der Waals surface area contributed by atoms with Gasteiger partial charge in [-0.05, 0) is 36.6 Å². The van der Waals surface area contributed by atoms with E-state index in [1.807, 2.05) is 0 Å². The second kappa shape index (κ2) is 6.72. The van der Waals surface area contributed by atoms with Gasteiger partial charge in [-0.25, -0.2) is 9.78 Å². The van der Waals surface area contributed by atoms with E-state index < -0.39 is 5.97 Å². The topological polar surface area (TPSA) is 80.2 Å². The number of carbonyl (C=O) groups is 2. The highest BCUT2D eigenvalue weighted by Crippen LogP contribution is 2.43. The van der Waals surface area contributed by atoms with Crippen molar-refractivity contribution in [3.8, 4) is 0 Å². The maximum Gasteiger partial charge on any atom is 0.335 e. The summed E-state index contributed by atoms with van der Waals surface area (Å²) in [6.07, 6.45) is 6.71.